The number of benzene rings is 2. The number of aryl methyl sites for hydroxylation is 1. The van der Waals surface area contributed by atoms with E-state index >= 15 is 0 Å². The third-order valence-corrected chi connectivity index (χ3v) is 8.86. The normalized spacial score (nSPS) is 14.8. The number of nitrogens with zero attached hydrogens (tertiary/aromatic N) is 3. The summed E-state index contributed by atoms with van der Waals surface area (Å²) in [6.45, 7) is 9.56. The van der Waals surface area contributed by atoms with E-state index in [2.05, 4.69) is 16.4 Å². The van der Waals surface area contributed by atoms with Crippen molar-refractivity contribution in [2.45, 2.75) is 72.5 Å². The number of halogens is 3. The Hall–Kier alpha value is -2.94. The predicted molar refractivity (Wildman–Crippen MR) is 164 cm³/mol. The Morgan fingerprint density at radius 2 is 1.81 bits per heavy atom. The minimum Gasteiger partial charge on any atom is -0.681 e. The fourth-order valence-electron chi connectivity index (χ4n) is 5.16. The number of rotatable bonds is 8. The average Bonchev–Trinajstić information content (AvgIpc) is 3.49. The molecule has 0 aliphatic carbocycles. The summed E-state index contributed by atoms with van der Waals surface area (Å²) in [5.74, 6) is 0.547. The number of alkyl halides is 3. The summed E-state index contributed by atoms with van der Waals surface area (Å²) in [7, 11) is 0. The van der Waals surface area contributed by atoms with Crippen molar-refractivity contribution >= 4 is 45.3 Å². The number of aromatic nitrogens is 2. The predicted octanol–water partition coefficient (Wildman–Crippen LogP) is 8.19. The molecule has 1 aliphatic rings. The minimum atomic E-state index is -4.38. The van der Waals surface area contributed by atoms with Crippen LogP contribution in [-0.4, -0.2) is 19.7 Å². The number of carbonyl (C=O) groups is 1. The van der Waals surface area contributed by atoms with Gasteiger partial charge in [0.05, 0.1) is 26.7 Å². The quantitative estimate of drug-likeness (QED) is 0.111. The largest absolute Gasteiger partial charge is 0.681 e. The summed E-state index contributed by atoms with van der Waals surface area (Å²) in [5, 5.41) is 16.3. The SMILES string of the molecule is CCC(CC)C(=O)/C=C(\O)C(CC)CC.Cc1cc2sn3c4c(nc3c2cc1C(F)(F)F)=C[N-]C(c1[c-]cccc1)C=4.[Ir]. The molecule has 0 saturated carbocycles. The standard InChI is InChI=1S/C20H12F3N3S.C13H24O2.Ir/c1-11-7-18-13(8-14(11)20(21,22)23)19-25-16-10-24-15(9-17(16)26(19)27-18)12-5-3-2-4-6-12;1-5-10(6-2)12(14)9-13(15)11(7-3)8-4;/h2-5,7-10,15H,1H3;9-11,14H,5-8H2,1-4H3;/q-2;;/b;12-9-;. The molecule has 1 unspecified atom stereocenters. The van der Waals surface area contributed by atoms with E-state index < -0.39 is 11.7 Å². The van der Waals surface area contributed by atoms with Crippen LogP contribution in [0.5, 0.6) is 0 Å². The van der Waals surface area contributed by atoms with Crippen molar-refractivity contribution in [1.82, 2.24) is 8.77 Å². The topological polar surface area (TPSA) is 68.7 Å². The number of hydrogen-bond acceptors (Lipinski definition) is 4. The molecule has 0 saturated heterocycles. The van der Waals surface area contributed by atoms with Crippen molar-refractivity contribution in [1.29, 1.82) is 0 Å². The smallest absolute Gasteiger partial charge is 0.416 e. The third-order valence-electron chi connectivity index (χ3n) is 7.77. The molecule has 5 rings (SSSR count). The molecule has 4 aromatic rings. The summed E-state index contributed by atoms with van der Waals surface area (Å²) >= 11 is 1.40. The van der Waals surface area contributed by atoms with Gasteiger partial charge in [-0.15, -0.1) is 6.20 Å². The van der Waals surface area contributed by atoms with Gasteiger partial charge in [-0.1, -0.05) is 51.3 Å². The third kappa shape index (κ3) is 7.59. The Labute approximate surface area is 267 Å². The number of fused-ring (bicyclic) bond motifs is 5. The molecule has 3 heterocycles. The fraction of sp³-hybridized carbons (Fsp3) is 0.394. The Bertz CT molecular complexity index is 1700. The van der Waals surface area contributed by atoms with Crippen LogP contribution in [0, 0.1) is 24.8 Å². The molecule has 2 aromatic heterocycles. The van der Waals surface area contributed by atoms with Crippen LogP contribution in [0.4, 0.5) is 13.2 Å². The number of hydrogen-bond donors (Lipinski definition) is 1. The number of aliphatic hydroxyl groups is 1. The van der Waals surface area contributed by atoms with Gasteiger partial charge in [-0.25, -0.2) is 8.77 Å². The summed E-state index contributed by atoms with van der Waals surface area (Å²) in [6.07, 6.45) is 4.19. The van der Waals surface area contributed by atoms with Gasteiger partial charge in [-0.2, -0.15) is 49.1 Å². The molecule has 0 spiro atoms. The van der Waals surface area contributed by atoms with Crippen molar-refractivity contribution in [3.05, 3.63) is 87.0 Å². The molecule has 0 bridgehead atoms. The molecule has 0 fully saturated rings. The van der Waals surface area contributed by atoms with Crippen molar-refractivity contribution in [3.8, 4) is 0 Å². The summed E-state index contributed by atoms with van der Waals surface area (Å²) in [4.78, 5) is 16.3. The first kappa shape index (κ1) is 34.5. The first-order valence-electron chi connectivity index (χ1n) is 14.3. The molecule has 10 heteroatoms. The zero-order valence-corrected chi connectivity index (χ0v) is 28.0. The molecule has 233 valence electrons. The van der Waals surface area contributed by atoms with Gasteiger partial charge in [0.1, 0.15) is 0 Å². The second-order valence-electron chi connectivity index (χ2n) is 10.5. The van der Waals surface area contributed by atoms with Crippen LogP contribution in [0.1, 0.15) is 76.1 Å². The van der Waals surface area contributed by atoms with Gasteiger partial charge >= 0.3 is 6.18 Å². The average molecular weight is 788 g/mol. The molecular weight excluding hydrogens is 752 g/mol. The number of allylic oxidation sites excluding steroid dienone is 2. The van der Waals surface area contributed by atoms with Gasteiger partial charge in [0.25, 0.3) is 0 Å². The summed E-state index contributed by atoms with van der Waals surface area (Å²) < 4.78 is 42.6. The monoisotopic (exact) mass is 788 g/mol. The zero-order chi connectivity index (χ0) is 30.6. The van der Waals surface area contributed by atoms with E-state index in [4.69, 9.17) is 0 Å². The second kappa shape index (κ2) is 14.7. The second-order valence-corrected chi connectivity index (χ2v) is 11.4. The van der Waals surface area contributed by atoms with Crippen LogP contribution in [0.15, 0.2) is 48.2 Å². The van der Waals surface area contributed by atoms with Crippen LogP contribution in [0.25, 0.3) is 33.3 Å². The van der Waals surface area contributed by atoms with Crippen molar-refractivity contribution in [2.75, 3.05) is 0 Å². The van der Waals surface area contributed by atoms with E-state index in [0.717, 1.165) is 41.3 Å². The van der Waals surface area contributed by atoms with Crippen LogP contribution in [0.2, 0.25) is 0 Å². The van der Waals surface area contributed by atoms with Gasteiger partial charge in [0.15, 0.2) is 11.4 Å². The van der Waals surface area contributed by atoms with E-state index in [9.17, 15) is 23.1 Å². The molecule has 1 radical (unpaired) electrons. The zero-order valence-electron chi connectivity index (χ0n) is 24.8. The van der Waals surface area contributed by atoms with E-state index in [1.165, 1.54) is 30.6 Å². The van der Waals surface area contributed by atoms with E-state index in [1.54, 1.807) is 12.3 Å². The first-order valence-corrected chi connectivity index (χ1v) is 15.1. The van der Waals surface area contributed by atoms with Crippen LogP contribution >= 0.6 is 11.5 Å². The maximum atomic E-state index is 13.3. The Morgan fingerprint density at radius 3 is 2.40 bits per heavy atom. The van der Waals surface area contributed by atoms with Crippen LogP contribution in [0.3, 0.4) is 0 Å². The van der Waals surface area contributed by atoms with Crippen molar-refractivity contribution in [2.24, 2.45) is 11.8 Å². The van der Waals surface area contributed by atoms with Gasteiger partial charge in [0, 0.05) is 43.4 Å². The van der Waals surface area contributed by atoms with E-state index in [0.29, 0.717) is 16.4 Å². The Kier molecular flexibility index (Phi) is 11.8. The summed E-state index contributed by atoms with van der Waals surface area (Å²) in [6, 6.07) is 13.4. The molecule has 1 aliphatic heterocycles. The molecule has 5 nitrogen and oxygen atoms in total. The maximum absolute atomic E-state index is 13.3. The van der Waals surface area contributed by atoms with Crippen LogP contribution in [-0.2, 0) is 31.1 Å². The molecule has 43 heavy (non-hydrogen) atoms. The van der Waals surface area contributed by atoms with E-state index in [-0.39, 0.29) is 55.1 Å². The van der Waals surface area contributed by atoms with Gasteiger partial charge in [-0.05, 0) is 50.3 Å². The van der Waals surface area contributed by atoms with Gasteiger partial charge in [-0.3, -0.25) is 4.79 Å². The van der Waals surface area contributed by atoms with Crippen molar-refractivity contribution in [3.63, 3.8) is 0 Å². The molecule has 1 atom stereocenters. The summed E-state index contributed by atoms with van der Waals surface area (Å²) in [5.41, 5.74) is 1.07. The molecular formula is C33H36F3IrN3O2S-2. The molecule has 2 aromatic carbocycles. The maximum Gasteiger partial charge on any atom is 0.416 e. The Morgan fingerprint density at radius 1 is 1.14 bits per heavy atom. The fourth-order valence-corrected chi connectivity index (χ4v) is 6.32. The minimum absolute atomic E-state index is 0. The number of carbonyl (C=O) groups excluding carboxylic acids is 1. The molecule has 1 N–H and O–H groups in total. The van der Waals surface area contributed by atoms with Crippen molar-refractivity contribution < 1.29 is 43.2 Å². The van der Waals surface area contributed by atoms with Gasteiger partial charge in [0.2, 0.25) is 0 Å². The van der Waals surface area contributed by atoms with Crippen LogP contribution < -0.4 is 10.7 Å². The van der Waals surface area contributed by atoms with E-state index in [1.807, 2.05) is 61.8 Å². The molecule has 0 amide bonds. The number of ketones is 1. The first-order chi connectivity index (χ1) is 20.0. The van der Waals surface area contributed by atoms with Gasteiger partial charge < -0.3 is 10.4 Å². The Balaban J connectivity index is 0.000000274. The number of imidazole rings is 1. The number of aliphatic hydroxyl groups excluding tert-OH is 1.